The molecule has 0 fully saturated rings. The fraction of sp³-hybridized carbons (Fsp3) is 0.486. The van der Waals surface area contributed by atoms with Crippen LogP contribution in [0.3, 0.4) is 0 Å². The number of ether oxygens (including phenoxy) is 2. The average Bonchev–Trinajstić information content (AvgIpc) is 3.52. The van der Waals surface area contributed by atoms with Crippen LogP contribution in [0, 0.1) is 11.8 Å². The molecule has 0 saturated heterocycles. The number of methoxy groups -OCH3 is 1. The van der Waals surface area contributed by atoms with Crippen molar-refractivity contribution in [2.45, 2.75) is 70.9 Å². The lowest BCUT2D eigenvalue weighted by molar-refractivity contribution is 0.0744. The van der Waals surface area contributed by atoms with Gasteiger partial charge in [0.2, 0.25) is 0 Å². The number of hydrogen-bond acceptors (Lipinski definition) is 7. The van der Waals surface area contributed by atoms with Gasteiger partial charge in [-0.1, -0.05) is 43.7 Å². The van der Waals surface area contributed by atoms with Crippen LogP contribution in [0.1, 0.15) is 78.3 Å². The largest absolute Gasteiger partial charge is 0.490 e. The van der Waals surface area contributed by atoms with Crippen molar-refractivity contribution in [2.75, 3.05) is 37.5 Å². The summed E-state index contributed by atoms with van der Waals surface area (Å²) >= 11 is 6.44. The number of carbonyl (C=O) groups is 2. The lowest BCUT2D eigenvalue weighted by Crippen LogP contribution is -2.47. The van der Waals surface area contributed by atoms with E-state index < -0.39 is 21.7 Å². The van der Waals surface area contributed by atoms with Crippen molar-refractivity contribution in [1.82, 2.24) is 14.5 Å². The van der Waals surface area contributed by atoms with Gasteiger partial charge in [-0.05, 0) is 92.3 Å². The molecule has 1 spiro atoms. The Labute approximate surface area is 294 Å². The third-order valence-electron chi connectivity index (χ3n) is 10.3. The number of amides is 2. The number of aryl methyl sites for hydroxylation is 2. The normalized spacial score (nSPS) is 28.1. The first kappa shape index (κ1) is 35.2. The molecule has 2 bridgehead atoms. The van der Waals surface area contributed by atoms with E-state index in [1.807, 2.05) is 25.1 Å². The van der Waals surface area contributed by atoms with E-state index in [1.165, 1.54) is 17.3 Å². The molecule has 0 radical (unpaired) electrons. The molecule has 6 rings (SSSR count). The molecule has 12 heteroatoms. The molecule has 1 unspecified atom stereocenters. The van der Waals surface area contributed by atoms with Gasteiger partial charge in [0.1, 0.15) is 15.7 Å². The lowest BCUT2D eigenvalue weighted by Gasteiger charge is -2.42. The van der Waals surface area contributed by atoms with Gasteiger partial charge in [-0.2, -0.15) is 5.10 Å². The van der Waals surface area contributed by atoms with E-state index >= 15 is 0 Å². The summed E-state index contributed by atoms with van der Waals surface area (Å²) in [6, 6.07) is 11.5. The monoisotopic (exact) mass is 707 g/mol. The third kappa shape index (κ3) is 7.59. The highest BCUT2D eigenvalue weighted by Gasteiger charge is 2.42. The average molecular weight is 708 g/mol. The highest BCUT2D eigenvalue weighted by molar-refractivity contribution is 7.92. The van der Waals surface area contributed by atoms with Crippen molar-refractivity contribution in [3.63, 3.8) is 0 Å². The second-order valence-electron chi connectivity index (χ2n) is 13.7. The predicted molar refractivity (Wildman–Crippen MR) is 193 cm³/mol. The Kier molecular flexibility index (Phi) is 10.5. The Morgan fingerprint density at radius 3 is 2.82 bits per heavy atom. The summed E-state index contributed by atoms with van der Waals surface area (Å²) in [4.78, 5) is 29.4. The Balaban J connectivity index is 1.42. The van der Waals surface area contributed by atoms with Crippen LogP contribution in [-0.2, 0) is 33.0 Å². The second-order valence-corrected chi connectivity index (χ2v) is 16.2. The number of carbonyl (C=O) groups excluding carboxylic acids is 2. The molecule has 1 aliphatic carbocycles. The number of benzene rings is 2. The molecule has 2 amide bonds. The number of allylic oxidation sites excluding steroid dienone is 1. The molecule has 2 aromatic carbocycles. The number of anilines is 1. The molecule has 3 aromatic rings. The number of hydrogen-bond donors (Lipinski definition) is 1. The smallest absolute Gasteiger partial charge is 0.286 e. The maximum atomic E-state index is 14.3. The van der Waals surface area contributed by atoms with E-state index in [9.17, 15) is 13.8 Å². The Morgan fingerprint density at radius 1 is 1.20 bits per heavy atom. The minimum absolute atomic E-state index is 0.00641. The first-order chi connectivity index (χ1) is 23.5. The summed E-state index contributed by atoms with van der Waals surface area (Å²) in [5.41, 5.74) is 3.55. The van der Waals surface area contributed by atoms with Gasteiger partial charge in [0, 0.05) is 48.9 Å². The van der Waals surface area contributed by atoms with Crippen molar-refractivity contribution < 1.29 is 23.3 Å². The molecule has 1 aromatic heterocycles. The minimum atomic E-state index is -3.48. The quantitative estimate of drug-likeness (QED) is 0.303. The Morgan fingerprint density at radius 2 is 2.04 bits per heavy atom. The number of nitrogens with one attached hydrogen (secondary N) is 1. The molecule has 49 heavy (non-hydrogen) atoms. The highest BCUT2D eigenvalue weighted by atomic mass is 35.5. The van der Waals surface area contributed by atoms with Crippen LogP contribution in [0.15, 0.2) is 65.3 Å². The molecule has 3 heterocycles. The first-order valence-electron chi connectivity index (χ1n) is 17.2. The van der Waals surface area contributed by atoms with Gasteiger partial charge in [0.15, 0.2) is 0 Å². The number of aromatic nitrogens is 2. The SMILES string of the molecule is CCn1cc(C(=O)NS2(=O)=NC(=O)c3ccc4c(c3)N(C[C@H](C)[C@@H](C)[C@@H](OC)/C=C/CCC2)C[C@@]2(CCCc3cc(Cl)ccc32)CO4)cn1. The number of halogens is 1. The lowest BCUT2D eigenvalue weighted by atomic mass is 9.70. The second kappa shape index (κ2) is 14.7. The van der Waals surface area contributed by atoms with E-state index in [4.69, 9.17) is 21.1 Å². The minimum Gasteiger partial charge on any atom is -0.490 e. The van der Waals surface area contributed by atoms with Crippen LogP contribution < -0.4 is 14.4 Å². The van der Waals surface area contributed by atoms with Crippen LogP contribution in [0.4, 0.5) is 5.69 Å². The molecular weight excluding hydrogens is 662 g/mol. The molecule has 5 atom stereocenters. The zero-order chi connectivity index (χ0) is 34.8. The third-order valence-corrected chi connectivity index (χ3v) is 12.3. The molecule has 10 nitrogen and oxygen atoms in total. The Bertz CT molecular complexity index is 1870. The van der Waals surface area contributed by atoms with Crippen molar-refractivity contribution >= 4 is 39.0 Å². The van der Waals surface area contributed by atoms with Gasteiger partial charge in [-0.15, -0.1) is 4.36 Å². The summed E-state index contributed by atoms with van der Waals surface area (Å²) in [5, 5.41) is 4.89. The van der Waals surface area contributed by atoms with Crippen LogP contribution in [0.2, 0.25) is 5.02 Å². The number of fused-ring (bicyclic) bond motifs is 3. The molecule has 262 valence electrons. The predicted octanol–water partition coefficient (Wildman–Crippen LogP) is 6.62. The topological polar surface area (TPSA) is 115 Å². The molecule has 0 saturated carbocycles. The number of nitrogens with zero attached hydrogens (tertiary/aromatic N) is 4. The van der Waals surface area contributed by atoms with E-state index in [0.717, 1.165) is 30.0 Å². The van der Waals surface area contributed by atoms with Crippen molar-refractivity contribution in [3.8, 4) is 5.75 Å². The highest BCUT2D eigenvalue weighted by Crippen LogP contribution is 2.45. The summed E-state index contributed by atoms with van der Waals surface area (Å²) in [7, 11) is -1.76. The van der Waals surface area contributed by atoms with Crippen molar-refractivity contribution in [1.29, 1.82) is 0 Å². The fourth-order valence-electron chi connectivity index (χ4n) is 7.34. The zero-order valence-corrected chi connectivity index (χ0v) is 30.3. The molecule has 3 aliphatic rings. The summed E-state index contributed by atoms with van der Waals surface area (Å²) in [6.07, 6.45) is 10.9. The maximum Gasteiger partial charge on any atom is 0.286 e. The first-order valence-corrected chi connectivity index (χ1v) is 19.2. The van der Waals surface area contributed by atoms with Crippen LogP contribution in [-0.4, -0.2) is 64.5 Å². The van der Waals surface area contributed by atoms with Crippen LogP contribution in [0.25, 0.3) is 0 Å². The van der Waals surface area contributed by atoms with Gasteiger partial charge in [-0.3, -0.25) is 19.0 Å². The van der Waals surface area contributed by atoms with E-state index in [0.29, 0.717) is 44.8 Å². The molecule has 2 aliphatic heterocycles. The van der Waals surface area contributed by atoms with E-state index in [2.05, 4.69) is 51.1 Å². The van der Waals surface area contributed by atoms with Gasteiger partial charge < -0.3 is 14.4 Å². The van der Waals surface area contributed by atoms with Crippen LogP contribution in [0.5, 0.6) is 5.75 Å². The van der Waals surface area contributed by atoms with E-state index in [1.54, 1.807) is 30.1 Å². The van der Waals surface area contributed by atoms with Gasteiger partial charge >= 0.3 is 0 Å². The van der Waals surface area contributed by atoms with Gasteiger partial charge in [-0.25, -0.2) is 4.21 Å². The summed E-state index contributed by atoms with van der Waals surface area (Å²) in [6.45, 7) is 8.81. The summed E-state index contributed by atoms with van der Waals surface area (Å²) in [5.74, 6) is -0.171. The molecule has 1 N–H and O–H groups in total. The van der Waals surface area contributed by atoms with Crippen LogP contribution >= 0.6 is 11.6 Å². The number of rotatable bonds is 4. The fourth-order valence-corrected chi connectivity index (χ4v) is 9.12. The Hall–Kier alpha value is -3.67. The van der Waals surface area contributed by atoms with Gasteiger partial charge in [0.25, 0.3) is 11.8 Å². The maximum absolute atomic E-state index is 14.3. The standard InChI is InChI=1S/C37H46ClN5O5S/c1-5-43-22-29(20-39-43)36(45)41-49(46)17-8-6-7-11-33(47-4)26(3)25(2)21-42-23-37(16-9-10-27-18-30(38)13-14-31(27)37)24-48-34-15-12-28(19-32(34)42)35(44)40-49/h7,11-15,18-20,22,25-26,33H,5-6,8-10,16-17,21,23-24H2,1-4H3,(H,40,41,44,45,46)/b11-7+/t25-,26+,33-,37-,49?/m0/s1. The van der Waals surface area contributed by atoms with Crippen molar-refractivity contribution in [2.24, 2.45) is 16.2 Å². The van der Waals surface area contributed by atoms with Gasteiger partial charge in [0.05, 0.1) is 35.9 Å². The molecular formula is C37H46ClN5O5S. The van der Waals surface area contributed by atoms with E-state index in [-0.39, 0.29) is 40.2 Å². The van der Waals surface area contributed by atoms with Crippen molar-refractivity contribution in [3.05, 3.63) is 88.2 Å². The zero-order valence-electron chi connectivity index (χ0n) is 28.7. The summed E-state index contributed by atoms with van der Waals surface area (Å²) < 4.78 is 35.2.